The highest BCUT2D eigenvalue weighted by molar-refractivity contribution is 5.92. The van der Waals surface area contributed by atoms with Gasteiger partial charge in [-0.05, 0) is 138 Å². The van der Waals surface area contributed by atoms with Crippen LogP contribution in [0.25, 0.3) is 10.9 Å². The summed E-state index contributed by atoms with van der Waals surface area (Å²) in [5.41, 5.74) is -3.50. The molecular formula is C58H98N4O16. The van der Waals surface area contributed by atoms with E-state index in [2.05, 4.69) is 0 Å². The van der Waals surface area contributed by atoms with Crippen LogP contribution in [-0.4, -0.2) is 211 Å². The number of benzene rings is 1. The van der Waals surface area contributed by atoms with Crippen LogP contribution >= 0.6 is 0 Å². The number of aromatic carboxylic acids is 1. The Morgan fingerprint density at radius 2 is 1.56 bits per heavy atom. The number of carboxylic acids is 1. The van der Waals surface area contributed by atoms with Crippen molar-refractivity contribution in [1.29, 1.82) is 0 Å². The number of carboxylic acid groups (broad SMARTS) is 1. The second kappa shape index (κ2) is 28.1. The Balaban J connectivity index is 1.27. The van der Waals surface area contributed by atoms with E-state index in [4.69, 9.17) is 37.9 Å². The number of aromatic nitrogens is 1. The number of cyclic esters (lactones) is 1. The molecule has 5 N–H and O–H groups in total. The average molecular weight is 1110 g/mol. The van der Waals surface area contributed by atoms with E-state index in [9.17, 15) is 39.9 Å². The van der Waals surface area contributed by atoms with Crippen LogP contribution in [0.5, 0.6) is 0 Å². The van der Waals surface area contributed by atoms with Gasteiger partial charge in [0.25, 0.3) is 0 Å². The van der Waals surface area contributed by atoms with E-state index in [0.29, 0.717) is 50.1 Å². The predicted octanol–water partition coefficient (Wildman–Crippen LogP) is 4.96. The van der Waals surface area contributed by atoms with Crippen molar-refractivity contribution in [3.63, 3.8) is 0 Å². The van der Waals surface area contributed by atoms with Gasteiger partial charge < -0.3 is 78.2 Å². The Hall–Kier alpha value is -3.35. The number of methoxy groups -OCH3 is 1. The van der Waals surface area contributed by atoms with Crippen molar-refractivity contribution in [2.24, 2.45) is 17.8 Å². The zero-order valence-electron chi connectivity index (χ0n) is 49.7. The van der Waals surface area contributed by atoms with Crippen molar-refractivity contribution < 1.29 is 73.0 Å². The van der Waals surface area contributed by atoms with Crippen LogP contribution in [0.1, 0.15) is 137 Å². The number of carbonyl (C=O) groups excluding carboxylic acids is 1. The van der Waals surface area contributed by atoms with Gasteiger partial charge >= 0.3 is 11.9 Å². The molecule has 2 aromatic rings. The first-order chi connectivity index (χ1) is 36.5. The number of likely N-dealkylation sites (N-methyl/N-ethyl adjacent to an activating group) is 2. The first-order valence-corrected chi connectivity index (χ1v) is 28.3. The fraction of sp³-hybridized carbons (Fsp3) is 0.810. The van der Waals surface area contributed by atoms with Gasteiger partial charge in [-0.2, -0.15) is 0 Å². The number of carbonyl (C=O) groups is 2. The van der Waals surface area contributed by atoms with Crippen LogP contribution in [0, 0.1) is 17.8 Å². The average Bonchev–Trinajstić information content (AvgIpc) is 3.36. The normalized spacial score (nSPS) is 37.0. The number of rotatable bonds is 20. The van der Waals surface area contributed by atoms with Crippen LogP contribution < -0.4 is 10.4 Å². The van der Waals surface area contributed by atoms with E-state index in [0.717, 1.165) is 31.2 Å². The second-order valence-corrected chi connectivity index (χ2v) is 24.0. The van der Waals surface area contributed by atoms with Gasteiger partial charge in [0.05, 0.1) is 47.1 Å². The topological polar surface area (TPSA) is 241 Å². The zero-order chi connectivity index (χ0) is 58.2. The van der Waals surface area contributed by atoms with E-state index in [1.165, 1.54) is 13.1 Å². The molecule has 20 heteroatoms. The fourth-order valence-electron chi connectivity index (χ4n) is 12.2. The van der Waals surface area contributed by atoms with Crippen LogP contribution in [0.2, 0.25) is 0 Å². The van der Waals surface area contributed by atoms with Gasteiger partial charge in [0.1, 0.15) is 35.6 Å². The van der Waals surface area contributed by atoms with Crippen LogP contribution in [0.4, 0.5) is 0 Å². The van der Waals surface area contributed by atoms with Crippen LogP contribution in [0.15, 0.2) is 29.2 Å². The molecule has 3 aliphatic rings. The lowest BCUT2D eigenvalue weighted by Crippen LogP contribution is -2.61. The van der Waals surface area contributed by atoms with Crippen molar-refractivity contribution in [3.05, 3.63) is 45.7 Å². The third-order valence-corrected chi connectivity index (χ3v) is 16.9. The molecule has 0 amide bonds. The Kier molecular flexibility index (Phi) is 23.6. The SMILES string of the molecule is CC[C@H]1OC(=O)[C@H](C)[C@@H](O[C@H]2C[C@@](C)(OC)[C@@H](OCCCOCCCCCc3ccc4c(c3)c(=O)c(C(=O)O)cn4N(C)C)[C@H](C)O2)[C@H](C)[C@@H](O[C@@H]2O[C@H](C)C[C@H](N(C)C)[C@H]2O)[C@](C)(O)C[C@@H](C)CN(C)[C@H](C)[C@@H](O)[C@]1(C)O. The molecule has 20 nitrogen and oxygen atoms in total. The number of hydrogen-bond acceptors (Lipinski definition) is 18. The molecular weight excluding hydrogens is 1010 g/mol. The minimum Gasteiger partial charge on any atom is -0.477 e. The summed E-state index contributed by atoms with van der Waals surface area (Å²) in [6.45, 7) is 19.9. The van der Waals surface area contributed by atoms with Crippen molar-refractivity contribution in [2.45, 2.75) is 217 Å². The number of esters is 1. The molecule has 0 radical (unpaired) electrons. The molecule has 1 aromatic heterocycles. The number of ether oxygens (including phenoxy) is 8. The largest absolute Gasteiger partial charge is 0.477 e. The minimum absolute atomic E-state index is 0.171. The van der Waals surface area contributed by atoms with Gasteiger partial charge in [0.15, 0.2) is 12.6 Å². The molecule has 3 aliphatic heterocycles. The van der Waals surface area contributed by atoms with Crippen LogP contribution in [0.3, 0.4) is 0 Å². The molecule has 0 aliphatic carbocycles. The molecule has 3 saturated heterocycles. The molecule has 0 saturated carbocycles. The van der Waals surface area contributed by atoms with Gasteiger partial charge in [0.2, 0.25) is 5.43 Å². The lowest BCUT2D eigenvalue weighted by Gasteiger charge is -2.49. The van der Waals surface area contributed by atoms with Gasteiger partial charge in [0, 0.05) is 83.6 Å². The standard InChI is InChI=1S/C58H98N4O16/c1-17-45-58(10,70)50(65)38(6)61(15)32-34(2)30-56(8,69)51(78-55-48(64)44(59(11)12)28-35(3)74-55)36(4)49(37(5)54(68)76-45)77-46-31-57(9,71-16)52(39(7)75-46)73-27-21-26-72-25-20-18-19-22-40-23-24-43-41(29-40)47(63)42(53(66)67)33-62(43)60(13)14/h23-24,29,33-39,44-46,48-52,55,64-65,69-70H,17-22,25-28,30-32H2,1-16H3,(H,66,67)/t34-,35-,36+,37-,38-,39+,44+,45-,46+,48-,49+,50-,51-,52+,55+,56-,57-,58-/m1/s1. The molecule has 0 bridgehead atoms. The lowest BCUT2D eigenvalue weighted by molar-refractivity contribution is -0.320. The number of unbranched alkanes of at least 4 members (excludes halogenated alkanes) is 2. The molecule has 3 fully saturated rings. The van der Waals surface area contributed by atoms with E-state index >= 15 is 0 Å². The van der Waals surface area contributed by atoms with Crippen LogP contribution in [-0.2, 0) is 49.1 Å². The molecule has 0 unspecified atom stereocenters. The smallest absolute Gasteiger partial charge is 0.341 e. The Morgan fingerprint density at radius 3 is 2.19 bits per heavy atom. The van der Waals surface area contributed by atoms with Gasteiger partial charge in [-0.15, -0.1) is 0 Å². The molecule has 446 valence electrons. The zero-order valence-corrected chi connectivity index (χ0v) is 49.7. The van der Waals surface area contributed by atoms with E-state index in [-0.39, 0.29) is 42.9 Å². The quantitative estimate of drug-likeness (QED) is 0.0870. The number of fused-ring (bicyclic) bond motifs is 1. The third kappa shape index (κ3) is 15.8. The minimum atomic E-state index is -1.83. The summed E-state index contributed by atoms with van der Waals surface area (Å²) >= 11 is 0. The summed E-state index contributed by atoms with van der Waals surface area (Å²) in [6.07, 6.45) is -2.50. The van der Waals surface area contributed by atoms with Crippen molar-refractivity contribution >= 4 is 22.8 Å². The number of nitrogens with zero attached hydrogens (tertiary/aromatic N) is 4. The number of aryl methyl sites for hydroxylation is 1. The maximum Gasteiger partial charge on any atom is 0.341 e. The van der Waals surface area contributed by atoms with E-state index in [1.807, 2.05) is 84.6 Å². The molecule has 0 spiro atoms. The van der Waals surface area contributed by atoms with Gasteiger partial charge in [-0.25, -0.2) is 4.79 Å². The van der Waals surface area contributed by atoms with E-state index < -0.39 is 107 Å². The monoisotopic (exact) mass is 1110 g/mol. The number of hydrogen-bond donors (Lipinski definition) is 5. The third-order valence-electron chi connectivity index (χ3n) is 16.9. The molecule has 5 rings (SSSR count). The highest BCUT2D eigenvalue weighted by atomic mass is 16.7. The highest BCUT2D eigenvalue weighted by Crippen LogP contribution is 2.41. The van der Waals surface area contributed by atoms with Crippen molar-refractivity contribution in [2.75, 3.05) is 73.7 Å². The molecule has 78 heavy (non-hydrogen) atoms. The Morgan fingerprint density at radius 1 is 0.885 bits per heavy atom. The van der Waals surface area contributed by atoms with Crippen molar-refractivity contribution in [3.8, 4) is 0 Å². The van der Waals surface area contributed by atoms with Gasteiger partial charge in [-0.1, -0.05) is 33.3 Å². The van der Waals surface area contributed by atoms with Gasteiger partial charge in [-0.3, -0.25) is 14.3 Å². The summed E-state index contributed by atoms with van der Waals surface area (Å²) in [7, 11) is 10.8. The Labute approximate surface area is 463 Å². The number of aliphatic hydroxyl groups excluding tert-OH is 2. The fourth-order valence-corrected chi connectivity index (χ4v) is 12.2. The summed E-state index contributed by atoms with van der Waals surface area (Å²) in [6, 6.07) is 4.77. The summed E-state index contributed by atoms with van der Waals surface area (Å²) in [5, 5.41) is 59.9. The molecule has 18 atom stereocenters. The molecule has 4 heterocycles. The maximum absolute atomic E-state index is 14.6. The molecule has 1 aromatic carbocycles. The number of pyridine rings is 1. The predicted molar refractivity (Wildman–Crippen MR) is 296 cm³/mol. The second-order valence-electron chi connectivity index (χ2n) is 24.0. The Bertz CT molecular complexity index is 2300. The summed E-state index contributed by atoms with van der Waals surface area (Å²) in [5.74, 6) is -3.94. The van der Waals surface area contributed by atoms with E-state index in [1.54, 1.807) is 57.7 Å². The first kappa shape index (κ1) is 65.5. The maximum atomic E-state index is 14.6. The van der Waals surface area contributed by atoms with Crippen molar-refractivity contribution in [1.82, 2.24) is 14.5 Å². The number of aliphatic hydroxyl groups is 4. The highest BCUT2D eigenvalue weighted by Gasteiger charge is 2.53. The summed E-state index contributed by atoms with van der Waals surface area (Å²) in [4.78, 5) is 43.3. The summed E-state index contributed by atoms with van der Waals surface area (Å²) < 4.78 is 53.2. The lowest BCUT2D eigenvalue weighted by atomic mass is 9.77. The first-order valence-electron chi connectivity index (χ1n) is 28.3.